The lowest BCUT2D eigenvalue weighted by Crippen LogP contribution is -2.18. The number of fused-ring (bicyclic) bond motifs is 1. The molecule has 0 radical (unpaired) electrons. The van der Waals surface area contributed by atoms with Gasteiger partial charge in [-0.2, -0.15) is 0 Å². The van der Waals surface area contributed by atoms with Crippen LogP contribution in [-0.2, 0) is 13.0 Å². The van der Waals surface area contributed by atoms with Crippen LogP contribution in [0.2, 0.25) is 10.0 Å². The fourth-order valence-electron chi connectivity index (χ4n) is 2.67. The van der Waals surface area contributed by atoms with E-state index >= 15 is 0 Å². The standard InChI is InChI=1S/C16H15Cl2N/c17-13-6-7-14-11(9-13)5-8-16(14)19-10-12-3-1-2-4-15(12)18/h1-4,6-7,9,16,19H,5,8,10H2. The van der Waals surface area contributed by atoms with Crippen LogP contribution in [0.3, 0.4) is 0 Å². The van der Waals surface area contributed by atoms with Crippen LogP contribution in [0.1, 0.15) is 29.2 Å². The fourth-order valence-corrected chi connectivity index (χ4v) is 3.07. The second-order valence-electron chi connectivity index (χ2n) is 4.91. The van der Waals surface area contributed by atoms with Crippen LogP contribution in [0.25, 0.3) is 0 Å². The third kappa shape index (κ3) is 2.79. The molecule has 3 rings (SSSR count). The Kier molecular flexibility index (Phi) is 3.79. The van der Waals surface area contributed by atoms with Crippen molar-refractivity contribution in [3.63, 3.8) is 0 Å². The van der Waals surface area contributed by atoms with Crippen LogP contribution in [0.5, 0.6) is 0 Å². The first-order valence-corrected chi connectivity index (χ1v) is 7.25. The predicted octanol–water partition coefficient (Wildman–Crippen LogP) is 4.77. The zero-order valence-corrected chi connectivity index (χ0v) is 12.0. The third-order valence-corrected chi connectivity index (χ3v) is 4.28. The highest BCUT2D eigenvalue weighted by molar-refractivity contribution is 6.31. The Morgan fingerprint density at radius 2 is 1.95 bits per heavy atom. The smallest absolute Gasteiger partial charge is 0.0450 e. The lowest BCUT2D eigenvalue weighted by molar-refractivity contribution is 0.530. The van der Waals surface area contributed by atoms with Crippen LogP contribution in [0.15, 0.2) is 42.5 Å². The molecule has 1 nitrogen and oxygen atoms in total. The highest BCUT2D eigenvalue weighted by Gasteiger charge is 2.21. The average Bonchev–Trinajstić information content (AvgIpc) is 2.80. The van der Waals surface area contributed by atoms with Gasteiger partial charge in [-0.25, -0.2) is 0 Å². The van der Waals surface area contributed by atoms with E-state index in [4.69, 9.17) is 23.2 Å². The van der Waals surface area contributed by atoms with Gasteiger partial charge in [0.15, 0.2) is 0 Å². The Morgan fingerprint density at radius 3 is 2.79 bits per heavy atom. The van der Waals surface area contributed by atoms with Crippen molar-refractivity contribution < 1.29 is 0 Å². The summed E-state index contributed by atoms with van der Waals surface area (Å²) in [4.78, 5) is 0. The third-order valence-electron chi connectivity index (χ3n) is 3.68. The highest BCUT2D eigenvalue weighted by atomic mass is 35.5. The molecular formula is C16H15Cl2N. The van der Waals surface area contributed by atoms with Gasteiger partial charge in [0.1, 0.15) is 0 Å². The van der Waals surface area contributed by atoms with Gasteiger partial charge in [-0.3, -0.25) is 0 Å². The van der Waals surface area contributed by atoms with E-state index in [-0.39, 0.29) is 0 Å². The molecule has 0 saturated heterocycles. The van der Waals surface area contributed by atoms with Gasteiger partial charge in [-0.1, -0.05) is 47.5 Å². The highest BCUT2D eigenvalue weighted by Crippen LogP contribution is 2.33. The van der Waals surface area contributed by atoms with Crippen molar-refractivity contribution in [2.75, 3.05) is 0 Å². The maximum Gasteiger partial charge on any atom is 0.0450 e. The van der Waals surface area contributed by atoms with E-state index in [1.54, 1.807) is 0 Å². The van der Waals surface area contributed by atoms with Crippen molar-refractivity contribution in [3.05, 3.63) is 69.2 Å². The summed E-state index contributed by atoms with van der Waals surface area (Å²) < 4.78 is 0. The molecule has 0 aromatic heterocycles. The van der Waals surface area contributed by atoms with Gasteiger partial charge in [-0.05, 0) is 47.7 Å². The fraction of sp³-hybridized carbons (Fsp3) is 0.250. The molecule has 0 bridgehead atoms. The van der Waals surface area contributed by atoms with Crippen molar-refractivity contribution in [2.45, 2.75) is 25.4 Å². The molecule has 19 heavy (non-hydrogen) atoms. The minimum atomic E-state index is 0.406. The van der Waals surface area contributed by atoms with Crippen LogP contribution < -0.4 is 5.32 Å². The number of hydrogen-bond acceptors (Lipinski definition) is 1. The first-order valence-electron chi connectivity index (χ1n) is 6.49. The number of nitrogens with one attached hydrogen (secondary N) is 1. The molecule has 0 spiro atoms. The SMILES string of the molecule is Clc1ccc2c(c1)CCC2NCc1ccccc1Cl. The summed E-state index contributed by atoms with van der Waals surface area (Å²) in [6.07, 6.45) is 2.22. The molecule has 0 amide bonds. The summed E-state index contributed by atoms with van der Waals surface area (Å²) in [5.41, 5.74) is 3.88. The normalized spacial score (nSPS) is 17.5. The molecule has 2 aromatic rings. The van der Waals surface area contributed by atoms with Gasteiger partial charge < -0.3 is 5.32 Å². The molecule has 3 heteroatoms. The number of benzene rings is 2. The first-order chi connectivity index (χ1) is 9.24. The van der Waals surface area contributed by atoms with E-state index in [0.29, 0.717) is 6.04 Å². The Morgan fingerprint density at radius 1 is 1.11 bits per heavy atom. The lowest BCUT2D eigenvalue weighted by Gasteiger charge is -2.14. The Balaban J connectivity index is 1.72. The molecule has 2 aromatic carbocycles. The molecular weight excluding hydrogens is 277 g/mol. The first kappa shape index (κ1) is 13.0. The number of aryl methyl sites for hydroxylation is 1. The molecule has 1 atom stereocenters. The molecule has 1 N–H and O–H groups in total. The second kappa shape index (κ2) is 5.54. The summed E-state index contributed by atoms with van der Waals surface area (Å²) in [6.45, 7) is 0.798. The van der Waals surface area contributed by atoms with E-state index < -0.39 is 0 Å². The monoisotopic (exact) mass is 291 g/mol. The van der Waals surface area contributed by atoms with Crippen molar-refractivity contribution in [1.29, 1.82) is 0 Å². The molecule has 1 aliphatic rings. The molecule has 0 aliphatic heterocycles. The lowest BCUT2D eigenvalue weighted by atomic mass is 10.1. The van der Waals surface area contributed by atoms with Gasteiger partial charge in [-0.15, -0.1) is 0 Å². The summed E-state index contributed by atoms with van der Waals surface area (Å²) in [7, 11) is 0. The topological polar surface area (TPSA) is 12.0 Å². The Labute approximate surface area is 123 Å². The Bertz CT molecular complexity index is 595. The van der Waals surface area contributed by atoms with E-state index in [9.17, 15) is 0 Å². The van der Waals surface area contributed by atoms with E-state index in [1.165, 1.54) is 11.1 Å². The summed E-state index contributed by atoms with van der Waals surface area (Å²) >= 11 is 12.2. The van der Waals surface area contributed by atoms with Crippen molar-refractivity contribution in [3.8, 4) is 0 Å². The van der Waals surface area contributed by atoms with Crippen LogP contribution in [-0.4, -0.2) is 0 Å². The van der Waals surface area contributed by atoms with E-state index in [2.05, 4.69) is 23.5 Å². The van der Waals surface area contributed by atoms with Gasteiger partial charge in [0.2, 0.25) is 0 Å². The number of hydrogen-bond donors (Lipinski definition) is 1. The molecule has 0 saturated carbocycles. The minimum Gasteiger partial charge on any atom is -0.306 e. The Hall–Kier alpha value is -1.02. The maximum atomic E-state index is 6.17. The van der Waals surface area contributed by atoms with Crippen molar-refractivity contribution in [2.24, 2.45) is 0 Å². The quantitative estimate of drug-likeness (QED) is 0.859. The molecule has 98 valence electrons. The maximum absolute atomic E-state index is 6.17. The van der Waals surface area contributed by atoms with E-state index in [0.717, 1.165) is 35.0 Å². The van der Waals surface area contributed by atoms with Gasteiger partial charge in [0, 0.05) is 22.6 Å². The second-order valence-corrected chi connectivity index (χ2v) is 5.75. The molecule has 1 unspecified atom stereocenters. The van der Waals surface area contributed by atoms with Crippen LogP contribution in [0, 0.1) is 0 Å². The summed E-state index contributed by atoms with van der Waals surface area (Å²) in [5.74, 6) is 0. The zero-order valence-electron chi connectivity index (χ0n) is 10.5. The van der Waals surface area contributed by atoms with E-state index in [1.807, 2.05) is 24.3 Å². The molecule has 0 heterocycles. The molecule has 0 fully saturated rings. The largest absolute Gasteiger partial charge is 0.306 e. The van der Waals surface area contributed by atoms with Gasteiger partial charge >= 0.3 is 0 Å². The zero-order chi connectivity index (χ0) is 13.2. The van der Waals surface area contributed by atoms with Crippen molar-refractivity contribution in [1.82, 2.24) is 5.32 Å². The minimum absolute atomic E-state index is 0.406. The average molecular weight is 292 g/mol. The predicted molar refractivity (Wildman–Crippen MR) is 80.8 cm³/mol. The van der Waals surface area contributed by atoms with Gasteiger partial charge in [0.25, 0.3) is 0 Å². The van der Waals surface area contributed by atoms with Crippen LogP contribution in [0.4, 0.5) is 0 Å². The molecule has 1 aliphatic carbocycles. The number of halogens is 2. The van der Waals surface area contributed by atoms with Crippen LogP contribution >= 0.6 is 23.2 Å². The summed E-state index contributed by atoms with van der Waals surface area (Å²) in [6, 6.07) is 14.6. The summed E-state index contributed by atoms with van der Waals surface area (Å²) in [5, 5.41) is 5.23. The van der Waals surface area contributed by atoms with Gasteiger partial charge in [0.05, 0.1) is 0 Å². The van der Waals surface area contributed by atoms with Crippen molar-refractivity contribution >= 4 is 23.2 Å². The number of rotatable bonds is 3.